The number of allylic oxidation sites excluding steroid dienone is 5. The Hall–Kier alpha value is -1.79. The number of aliphatic hydroxyl groups excluding tert-OH is 8. The number of amides is 1. The van der Waals surface area contributed by atoms with Crippen molar-refractivity contribution < 1.29 is 64.6 Å². The minimum absolute atomic E-state index is 0.254. The molecular formula is C59H109NO13. The van der Waals surface area contributed by atoms with E-state index >= 15 is 0 Å². The average molecular weight is 1040 g/mol. The number of rotatable bonds is 47. The molecule has 0 saturated carbocycles. The molecule has 14 nitrogen and oxygen atoms in total. The molecule has 0 bridgehead atoms. The van der Waals surface area contributed by atoms with Crippen LogP contribution in [0.1, 0.15) is 239 Å². The third-order valence-corrected chi connectivity index (χ3v) is 14.6. The fourth-order valence-corrected chi connectivity index (χ4v) is 9.74. The van der Waals surface area contributed by atoms with Crippen LogP contribution in [0.3, 0.4) is 0 Å². The van der Waals surface area contributed by atoms with Gasteiger partial charge in [-0.2, -0.15) is 0 Å². The molecule has 2 heterocycles. The second-order valence-corrected chi connectivity index (χ2v) is 21.1. The van der Waals surface area contributed by atoms with Crippen molar-refractivity contribution in [2.75, 3.05) is 19.8 Å². The maximum atomic E-state index is 13.2. The highest BCUT2D eigenvalue weighted by Gasteiger charge is 2.51. The molecule has 0 aliphatic carbocycles. The van der Waals surface area contributed by atoms with Gasteiger partial charge in [0.2, 0.25) is 5.91 Å². The lowest BCUT2D eigenvalue weighted by atomic mass is 9.97. The van der Waals surface area contributed by atoms with Crippen molar-refractivity contribution in [3.05, 3.63) is 36.5 Å². The monoisotopic (exact) mass is 1040 g/mol. The molecule has 2 aliphatic rings. The van der Waals surface area contributed by atoms with Gasteiger partial charge in [-0.15, -0.1) is 0 Å². The first-order valence-corrected chi connectivity index (χ1v) is 29.7. The zero-order valence-corrected chi connectivity index (χ0v) is 45.9. The van der Waals surface area contributed by atoms with Gasteiger partial charge in [0.05, 0.1) is 32.0 Å². The maximum absolute atomic E-state index is 13.2. The molecule has 428 valence electrons. The van der Waals surface area contributed by atoms with E-state index in [1.807, 2.05) is 6.08 Å². The van der Waals surface area contributed by atoms with Gasteiger partial charge in [-0.3, -0.25) is 4.79 Å². The lowest BCUT2D eigenvalue weighted by Crippen LogP contribution is -2.65. The first kappa shape index (κ1) is 67.3. The smallest absolute Gasteiger partial charge is 0.220 e. The van der Waals surface area contributed by atoms with Crippen LogP contribution in [-0.4, -0.2) is 140 Å². The number of unbranched alkanes of at least 4 members (excludes halogenated alkanes) is 30. The van der Waals surface area contributed by atoms with Gasteiger partial charge in [-0.25, -0.2) is 0 Å². The van der Waals surface area contributed by atoms with Crippen molar-refractivity contribution >= 4 is 5.91 Å². The molecule has 12 atom stereocenters. The lowest BCUT2D eigenvalue weighted by molar-refractivity contribution is -0.359. The molecule has 2 rings (SSSR count). The predicted molar refractivity (Wildman–Crippen MR) is 291 cm³/mol. The van der Waals surface area contributed by atoms with Crippen molar-refractivity contribution in [1.29, 1.82) is 0 Å². The van der Waals surface area contributed by atoms with E-state index < -0.39 is 86.8 Å². The third kappa shape index (κ3) is 31.3. The van der Waals surface area contributed by atoms with Crippen molar-refractivity contribution in [2.24, 2.45) is 0 Å². The van der Waals surface area contributed by atoms with E-state index in [-0.39, 0.29) is 18.9 Å². The highest BCUT2D eigenvalue weighted by Crippen LogP contribution is 2.30. The van der Waals surface area contributed by atoms with Crippen LogP contribution < -0.4 is 5.32 Å². The van der Waals surface area contributed by atoms with Gasteiger partial charge >= 0.3 is 0 Å². The Labute approximate surface area is 442 Å². The third-order valence-electron chi connectivity index (χ3n) is 14.6. The summed E-state index contributed by atoms with van der Waals surface area (Å²) in [6.07, 6.45) is 37.8. The summed E-state index contributed by atoms with van der Waals surface area (Å²) in [5.74, 6) is -0.254. The second kappa shape index (κ2) is 45.3. The van der Waals surface area contributed by atoms with Gasteiger partial charge in [0.15, 0.2) is 12.6 Å². The zero-order chi connectivity index (χ0) is 53.2. The van der Waals surface area contributed by atoms with Crippen molar-refractivity contribution in [3.8, 4) is 0 Å². The summed E-state index contributed by atoms with van der Waals surface area (Å²) in [6, 6.07) is -0.934. The number of carbonyl (C=O) groups excluding carboxylic acids is 1. The minimum Gasteiger partial charge on any atom is -0.394 e. The van der Waals surface area contributed by atoms with Crippen LogP contribution in [0.4, 0.5) is 0 Å². The molecule has 0 radical (unpaired) electrons. The molecule has 12 unspecified atom stereocenters. The molecule has 0 aromatic carbocycles. The SMILES string of the molecule is CCCCCCCCCCCCCCCCCCCC/C=C/CC/C=C/CC/C=C/C(O)C(COC1OC(CO)C(OC2OC(CO)C(O)C(O)C2O)C(O)C1O)NC(=O)CCCCCCCCCCCCC. The van der Waals surface area contributed by atoms with Crippen molar-refractivity contribution in [1.82, 2.24) is 5.32 Å². The number of nitrogens with one attached hydrogen (secondary N) is 1. The fraction of sp³-hybridized carbons (Fsp3) is 0.881. The fourth-order valence-electron chi connectivity index (χ4n) is 9.74. The zero-order valence-electron chi connectivity index (χ0n) is 45.9. The summed E-state index contributed by atoms with van der Waals surface area (Å²) in [6.45, 7) is 2.77. The molecule has 0 aromatic heterocycles. The summed E-state index contributed by atoms with van der Waals surface area (Å²) in [7, 11) is 0. The lowest BCUT2D eigenvalue weighted by Gasteiger charge is -2.46. The van der Waals surface area contributed by atoms with E-state index in [9.17, 15) is 45.6 Å². The van der Waals surface area contributed by atoms with E-state index in [1.54, 1.807) is 6.08 Å². The summed E-state index contributed by atoms with van der Waals surface area (Å²) < 4.78 is 22.7. The Bertz CT molecular complexity index is 1370. The molecular weight excluding hydrogens is 931 g/mol. The van der Waals surface area contributed by atoms with E-state index in [0.717, 1.165) is 44.9 Å². The predicted octanol–water partition coefficient (Wildman–Crippen LogP) is 9.83. The standard InChI is InChI=1S/C59H109NO13/c1-3-5-7-9-11-13-15-16-17-18-19-20-21-22-23-24-25-26-27-28-29-30-31-33-34-36-38-40-42-48(63)47(60-51(64)43-41-39-37-35-32-14-12-10-8-6-4-2)46-70-58-56(69)54(67)57(50(45-62)72-58)73-59-55(68)53(66)52(65)49(44-61)71-59/h28-29,33-34,40,42,47-50,52-59,61-63,65-69H,3-27,30-32,35-39,41,43-46H2,1-2H3,(H,60,64)/b29-28+,34-33+,42-40+. The summed E-state index contributed by atoms with van der Waals surface area (Å²) >= 11 is 0. The highest BCUT2D eigenvalue weighted by molar-refractivity contribution is 5.76. The van der Waals surface area contributed by atoms with Crippen LogP contribution in [-0.2, 0) is 23.7 Å². The number of ether oxygens (including phenoxy) is 4. The van der Waals surface area contributed by atoms with Crippen LogP contribution in [0.2, 0.25) is 0 Å². The second-order valence-electron chi connectivity index (χ2n) is 21.1. The van der Waals surface area contributed by atoms with E-state index in [0.29, 0.717) is 12.8 Å². The Morgan fingerprint density at radius 2 is 0.877 bits per heavy atom. The molecule has 2 saturated heterocycles. The highest BCUT2D eigenvalue weighted by atomic mass is 16.7. The molecule has 2 fully saturated rings. The Morgan fingerprint density at radius 3 is 1.34 bits per heavy atom. The van der Waals surface area contributed by atoms with E-state index in [4.69, 9.17) is 18.9 Å². The molecule has 0 aromatic rings. The van der Waals surface area contributed by atoms with Gasteiger partial charge in [0, 0.05) is 6.42 Å². The quantitative estimate of drug-likeness (QED) is 0.0205. The molecule has 9 N–H and O–H groups in total. The van der Waals surface area contributed by atoms with Crippen molar-refractivity contribution in [2.45, 2.75) is 312 Å². The number of aliphatic hydroxyl groups is 8. The number of hydrogen-bond donors (Lipinski definition) is 9. The van der Waals surface area contributed by atoms with Gasteiger partial charge in [0.25, 0.3) is 0 Å². The summed E-state index contributed by atoms with van der Waals surface area (Å²) in [5, 5.41) is 86.9. The Kier molecular flexibility index (Phi) is 41.7. The van der Waals surface area contributed by atoms with Gasteiger partial charge in [-0.1, -0.05) is 224 Å². The van der Waals surface area contributed by atoms with Crippen LogP contribution in [0, 0.1) is 0 Å². The first-order chi connectivity index (χ1) is 35.6. The van der Waals surface area contributed by atoms with Crippen LogP contribution in [0.5, 0.6) is 0 Å². The molecule has 2 aliphatic heterocycles. The van der Waals surface area contributed by atoms with E-state index in [2.05, 4.69) is 43.5 Å². The van der Waals surface area contributed by atoms with Gasteiger partial charge in [-0.05, 0) is 44.9 Å². The Morgan fingerprint density at radius 1 is 0.479 bits per heavy atom. The van der Waals surface area contributed by atoms with Crippen LogP contribution in [0.25, 0.3) is 0 Å². The first-order valence-electron chi connectivity index (χ1n) is 29.7. The normalized spacial score (nSPS) is 25.6. The largest absolute Gasteiger partial charge is 0.394 e. The minimum atomic E-state index is -1.79. The molecule has 73 heavy (non-hydrogen) atoms. The van der Waals surface area contributed by atoms with Gasteiger partial charge < -0.3 is 65.1 Å². The maximum Gasteiger partial charge on any atom is 0.220 e. The molecule has 14 heteroatoms. The molecule has 0 spiro atoms. The number of hydrogen-bond acceptors (Lipinski definition) is 13. The van der Waals surface area contributed by atoms with Crippen molar-refractivity contribution in [3.63, 3.8) is 0 Å². The van der Waals surface area contributed by atoms with Crippen LogP contribution in [0.15, 0.2) is 36.5 Å². The topological polar surface area (TPSA) is 228 Å². The summed E-state index contributed by atoms with van der Waals surface area (Å²) in [5.41, 5.74) is 0. The van der Waals surface area contributed by atoms with Gasteiger partial charge in [0.1, 0.15) is 48.8 Å². The summed E-state index contributed by atoms with van der Waals surface area (Å²) in [4.78, 5) is 13.2. The van der Waals surface area contributed by atoms with E-state index in [1.165, 1.54) is 161 Å². The number of carbonyl (C=O) groups is 1. The van der Waals surface area contributed by atoms with Crippen LogP contribution >= 0.6 is 0 Å². The molecule has 1 amide bonds. The average Bonchev–Trinajstić information content (AvgIpc) is 3.39. The Balaban J connectivity index is 1.73.